The van der Waals surface area contributed by atoms with E-state index in [1.807, 2.05) is 79.2 Å². The summed E-state index contributed by atoms with van der Waals surface area (Å²) in [6, 6.07) is 19.5. The maximum absolute atomic E-state index is 11.9. The van der Waals surface area contributed by atoms with Crippen LogP contribution in [0.25, 0.3) is 5.69 Å². The fourth-order valence-corrected chi connectivity index (χ4v) is 2.61. The van der Waals surface area contributed by atoms with E-state index >= 15 is 0 Å². The van der Waals surface area contributed by atoms with Gasteiger partial charge in [-0.3, -0.25) is 4.79 Å². The van der Waals surface area contributed by atoms with Crippen LogP contribution in [0.4, 0.5) is 5.69 Å². The van der Waals surface area contributed by atoms with E-state index in [0.29, 0.717) is 0 Å². The van der Waals surface area contributed by atoms with Crippen LogP contribution in [0.3, 0.4) is 0 Å². The fraction of sp³-hybridized carbons (Fsp3) is 0.150. The average molecular weight is 347 g/mol. The molecular weight excluding hydrogens is 326 g/mol. The van der Waals surface area contributed by atoms with Crippen molar-refractivity contribution in [3.05, 3.63) is 77.6 Å². The van der Waals surface area contributed by atoms with Gasteiger partial charge < -0.3 is 5.32 Å². The van der Waals surface area contributed by atoms with Gasteiger partial charge in [0.15, 0.2) is 0 Å². The summed E-state index contributed by atoms with van der Waals surface area (Å²) in [6.45, 7) is 4.06. The van der Waals surface area contributed by atoms with Crippen LogP contribution in [-0.2, 0) is 4.79 Å². The highest BCUT2D eigenvalue weighted by molar-refractivity contribution is 5.86. The monoisotopic (exact) mass is 347 g/mol. The van der Waals surface area contributed by atoms with Crippen LogP contribution in [0.2, 0.25) is 0 Å². The predicted octanol–water partition coefficient (Wildman–Crippen LogP) is 3.05. The van der Waals surface area contributed by atoms with Crippen molar-refractivity contribution in [1.29, 1.82) is 0 Å². The fourth-order valence-electron chi connectivity index (χ4n) is 2.61. The molecule has 6 heteroatoms. The predicted molar refractivity (Wildman–Crippen MR) is 104 cm³/mol. The smallest absolute Gasteiger partial charge is 0.259 e. The highest BCUT2D eigenvalue weighted by atomic mass is 16.2. The molecule has 1 aromatic heterocycles. The molecule has 26 heavy (non-hydrogen) atoms. The summed E-state index contributed by atoms with van der Waals surface area (Å²) in [5.41, 5.74) is 7.13. The first-order valence-electron chi connectivity index (χ1n) is 8.37. The zero-order valence-electron chi connectivity index (χ0n) is 14.8. The second-order valence-electron chi connectivity index (χ2n) is 5.84. The lowest BCUT2D eigenvalue weighted by Crippen LogP contribution is -2.25. The summed E-state index contributed by atoms with van der Waals surface area (Å²) >= 11 is 0. The number of para-hydroxylation sites is 2. The molecule has 0 saturated heterocycles. The molecule has 0 atom stereocenters. The van der Waals surface area contributed by atoms with E-state index in [-0.39, 0.29) is 12.5 Å². The number of carbonyl (C=O) groups excluding carboxylic acids is 1. The van der Waals surface area contributed by atoms with E-state index in [1.165, 1.54) is 0 Å². The van der Waals surface area contributed by atoms with Gasteiger partial charge >= 0.3 is 0 Å². The number of aromatic nitrogens is 2. The van der Waals surface area contributed by atoms with Crippen LogP contribution in [-0.4, -0.2) is 28.4 Å². The van der Waals surface area contributed by atoms with Crippen LogP contribution in [0.1, 0.15) is 17.0 Å². The Kier molecular flexibility index (Phi) is 5.43. The van der Waals surface area contributed by atoms with Crippen molar-refractivity contribution in [3.63, 3.8) is 0 Å². The topological polar surface area (TPSA) is 71.3 Å². The third kappa shape index (κ3) is 4.16. The van der Waals surface area contributed by atoms with E-state index < -0.39 is 0 Å². The molecule has 3 rings (SSSR count). The van der Waals surface area contributed by atoms with Crippen molar-refractivity contribution in [2.24, 2.45) is 5.10 Å². The van der Waals surface area contributed by atoms with Crippen LogP contribution < -0.4 is 10.7 Å². The number of hydrogen-bond acceptors (Lipinski definition) is 4. The Morgan fingerprint density at radius 3 is 2.42 bits per heavy atom. The van der Waals surface area contributed by atoms with Crippen molar-refractivity contribution in [2.75, 3.05) is 11.9 Å². The van der Waals surface area contributed by atoms with Gasteiger partial charge in [-0.05, 0) is 38.1 Å². The number of anilines is 1. The minimum atomic E-state index is -0.212. The van der Waals surface area contributed by atoms with Gasteiger partial charge in [0, 0.05) is 11.3 Å². The lowest BCUT2D eigenvalue weighted by atomic mass is 10.2. The molecule has 0 spiro atoms. The quantitative estimate of drug-likeness (QED) is 0.532. The lowest BCUT2D eigenvalue weighted by molar-refractivity contribution is -0.119. The number of nitrogens with zero attached hydrogens (tertiary/aromatic N) is 3. The zero-order chi connectivity index (χ0) is 18.4. The first-order valence-corrected chi connectivity index (χ1v) is 8.37. The molecule has 0 fully saturated rings. The number of carbonyl (C=O) groups is 1. The molecule has 132 valence electrons. The molecule has 1 amide bonds. The van der Waals surface area contributed by atoms with Crippen molar-refractivity contribution in [1.82, 2.24) is 15.2 Å². The largest absolute Gasteiger partial charge is 0.376 e. The van der Waals surface area contributed by atoms with Crippen molar-refractivity contribution < 1.29 is 4.79 Å². The van der Waals surface area contributed by atoms with Crippen molar-refractivity contribution >= 4 is 17.8 Å². The molecule has 3 aromatic rings. The average Bonchev–Trinajstić information content (AvgIpc) is 2.96. The van der Waals surface area contributed by atoms with Gasteiger partial charge in [-0.25, -0.2) is 10.1 Å². The van der Waals surface area contributed by atoms with Gasteiger partial charge in [-0.2, -0.15) is 10.2 Å². The Balaban J connectivity index is 1.62. The molecular formula is C20H21N5O. The molecule has 2 aromatic carbocycles. The molecule has 0 aliphatic heterocycles. The van der Waals surface area contributed by atoms with E-state index in [1.54, 1.807) is 6.21 Å². The lowest BCUT2D eigenvalue weighted by Gasteiger charge is -2.04. The SMILES string of the molecule is Cc1nn(-c2ccccc2)c(C)c1/C=N\NC(=O)CNc1ccccc1. The van der Waals surface area contributed by atoms with Crippen LogP contribution in [0.15, 0.2) is 65.8 Å². The Labute approximate surface area is 152 Å². The summed E-state index contributed by atoms with van der Waals surface area (Å²) in [4.78, 5) is 11.9. The molecule has 0 saturated carbocycles. The van der Waals surface area contributed by atoms with Crippen molar-refractivity contribution in [3.8, 4) is 5.69 Å². The number of amides is 1. The number of rotatable bonds is 6. The Bertz CT molecular complexity index is 901. The molecule has 1 heterocycles. The van der Waals surface area contributed by atoms with Crippen LogP contribution in [0.5, 0.6) is 0 Å². The van der Waals surface area contributed by atoms with E-state index in [9.17, 15) is 4.79 Å². The molecule has 6 nitrogen and oxygen atoms in total. The van der Waals surface area contributed by atoms with Crippen LogP contribution >= 0.6 is 0 Å². The summed E-state index contributed by atoms with van der Waals surface area (Å²) in [5.74, 6) is -0.212. The third-order valence-corrected chi connectivity index (χ3v) is 3.96. The minimum Gasteiger partial charge on any atom is -0.376 e. The van der Waals surface area contributed by atoms with Gasteiger partial charge in [0.05, 0.1) is 29.8 Å². The first-order chi connectivity index (χ1) is 12.6. The highest BCUT2D eigenvalue weighted by Gasteiger charge is 2.11. The molecule has 0 radical (unpaired) electrons. The van der Waals surface area contributed by atoms with Gasteiger partial charge in [0.25, 0.3) is 5.91 Å². The summed E-state index contributed by atoms with van der Waals surface area (Å²) in [7, 11) is 0. The van der Waals surface area contributed by atoms with Gasteiger partial charge in [0.1, 0.15) is 0 Å². The van der Waals surface area contributed by atoms with E-state index in [4.69, 9.17) is 0 Å². The number of nitrogens with one attached hydrogen (secondary N) is 2. The van der Waals surface area contributed by atoms with Crippen LogP contribution in [0, 0.1) is 13.8 Å². The highest BCUT2D eigenvalue weighted by Crippen LogP contribution is 2.16. The third-order valence-electron chi connectivity index (χ3n) is 3.96. The first kappa shape index (κ1) is 17.4. The number of aryl methyl sites for hydroxylation is 1. The van der Waals surface area contributed by atoms with E-state index in [0.717, 1.165) is 28.3 Å². The number of hydrazone groups is 1. The van der Waals surface area contributed by atoms with Gasteiger partial charge in [-0.1, -0.05) is 36.4 Å². The second kappa shape index (κ2) is 8.11. The zero-order valence-corrected chi connectivity index (χ0v) is 14.8. The Morgan fingerprint density at radius 2 is 1.73 bits per heavy atom. The maximum Gasteiger partial charge on any atom is 0.259 e. The standard InChI is InChI=1S/C20H21N5O/c1-15-19(16(2)25(24-15)18-11-7-4-8-12-18)13-22-23-20(26)14-21-17-9-5-3-6-10-17/h3-13,21H,14H2,1-2H3,(H,23,26)/b22-13-. The molecule has 0 aliphatic rings. The Morgan fingerprint density at radius 1 is 1.08 bits per heavy atom. The second-order valence-corrected chi connectivity index (χ2v) is 5.84. The van der Waals surface area contributed by atoms with E-state index in [2.05, 4.69) is 20.9 Å². The molecule has 0 unspecified atom stereocenters. The number of hydrogen-bond donors (Lipinski definition) is 2. The molecule has 0 aliphatic carbocycles. The number of benzene rings is 2. The summed E-state index contributed by atoms with van der Waals surface area (Å²) < 4.78 is 1.87. The maximum atomic E-state index is 11.9. The van der Waals surface area contributed by atoms with Gasteiger partial charge in [0.2, 0.25) is 0 Å². The minimum absolute atomic E-state index is 0.155. The van der Waals surface area contributed by atoms with Gasteiger partial charge in [-0.15, -0.1) is 0 Å². The van der Waals surface area contributed by atoms with Crippen molar-refractivity contribution in [2.45, 2.75) is 13.8 Å². The molecule has 0 bridgehead atoms. The molecule has 2 N–H and O–H groups in total. The Hall–Kier alpha value is -3.41. The summed E-state index contributed by atoms with van der Waals surface area (Å²) in [6.07, 6.45) is 1.64. The summed E-state index contributed by atoms with van der Waals surface area (Å²) in [5, 5.41) is 11.7. The normalized spacial score (nSPS) is 10.8.